The summed E-state index contributed by atoms with van der Waals surface area (Å²) in [6.45, 7) is 5.00. The zero-order valence-corrected chi connectivity index (χ0v) is 18.4. The van der Waals surface area contributed by atoms with Gasteiger partial charge in [0.25, 0.3) is 0 Å². The van der Waals surface area contributed by atoms with Gasteiger partial charge in [-0.1, -0.05) is 39.5 Å². The van der Waals surface area contributed by atoms with E-state index < -0.39 is 11.9 Å². The van der Waals surface area contributed by atoms with Crippen LogP contribution >= 0.6 is 0 Å². The number of ether oxygens (including phenoxy) is 2. The second-order valence-electron chi connectivity index (χ2n) is 8.05. The normalized spacial score (nSPS) is 16.5. The summed E-state index contributed by atoms with van der Waals surface area (Å²) >= 11 is 0. The number of carboxylic acid groups (broad SMARTS) is 2. The van der Waals surface area contributed by atoms with E-state index in [1.54, 1.807) is 6.07 Å². The Balaban J connectivity index is 2.44. The zero-order chi connectivity index (χ0) is 21.9. The summed E-state index contributed by atoms with van der Waals surface area (Å²) in [5, 5.41) is 19.9. The van der Waals surface area contributed by atoms with E-state index in [-0.39, 0.29) is 24.0 Å². The van der Waals surface area contributed by atoms with Gasteiger partial charge >= 0.3 is 11.9 Å². The number of rotatable bonds is 13. The molecular formula is C24H36O6. The van der Waals surface area contributed by atoms with Crippen molar-refractivity contribution in [1.82, 2.24) is 0 Å². The maximum absolute atomic E-state index is 12.3. The van der Waals surface area contributed by atoms with Crippen molar-refractivity contribution in [3.05, 3.63) is 33.9 Å². The first-order valence-electron chi connectivity index (χ1n) is 11.4. The molecule has 2 rings (SSSR count). The second kappa shape index (κ2) is 12.7. The van der Waals surface area contributed by atoms with Gasteiger partial charge in [0.15, 0.2) is 6.29 Å². The highest BCUT2D eigenvalue weighted by atomic mass is 16.7. The Kier molecular flexibility index (Phi) is 10.3. The van der Waals surface area contributed by atoms with Crippen molar-refractivity contribution in [2.24, 2.45) is 0 Å². The molecule has 0 spiro atoms. The van der Waals surface area contributed by atoms with E-state index in [1.807, 2.05) is 0 Å². The Hall–Kier alpha value is -1.92. The van der Waals surface area contributed by atoms with Gasteiger partial charge in [-0.05, 0) is 67.7 Å². The van der Waals surface area contributed by atoms with Crippen molar-refractivity contribution in [2.75, 3.05) is 6.61 Å². The molecule has 1 saturated heterocycles. The van der Waals surface area contributed by atoms with Crippen molar-refractivity contribution in [2.45, 2.75) is 97.4 Å². The Morgan fingerprint density at radius 3 is 2.20 bits per heavy atom. The van der Waals surface area contributed by atoms with Crippen LogP contribution in [0.15, 0.2) is 6.07 Å². The monoisotopic (exact) mass is 420 g/mol. The molecule has 1 atom stereocenters. The first-order chi connectivity index (χ1) is 14.5. The lowest BCUT2D eigenvalue weighted by Crippen LogP contribution is -2.23. The Labute approximate surface area is 179 Å². The number of benzene rings is 1. The lowest BCUT2D eigenvalue weighted by atomic mass is 9.86. The van der Waals surface area contributed by atoms with Gasteiger partial charge in [0.1, 0.15) is 0 Å². The Morgan fingerprint density at radius 2 is 1.67 bits per heavy atom. The Bertz CT molecular complexity index is 706. The molecule has 0 aromatic heterocycles. The molecular weight excluding hydrogens is 384 g/mol. The fraction of sp³-hybridized carbons (Fsp3) is 0.667. The van der Waals surface area contributed by atoms with Crippen molar-refractivity contribution in [3.8, 4) is 0 Å². The summed E-state index contributed by atoms with van der Waals surface area (Å²) in [6.07, 6.45) is 9.20. The summed E-state index contributed by atoms with van der Waals surface area (Å²) in [6, 6.07) is 1.64. The van der Waals surface area contributed by atoms with Crippen LogP contribution < -0.4 is 0 Å². The van der Waals surface area contributed by atoms with Gasteiger partial charge in [-0.2, -0.15) is 0 Å². The van der Waals surface area contributed by atoms with E-state index in [0.29, 0.717) is 30.6 Å². The Morgan fingerprint density at radius 1 is 1.00 bits per heavy atom. The fourth-order valence-electron chi connectivity index (χ4n) is 4.08. The molecule has 0 amide bonds. The topological polar surface area (TPSA) is 93.1 Å². The van der Waals surface area contributed by atoms with Crippen molar-refractivity contribution < 1.29 is 29.3 Å². The van der Waals surface area contributed by atoms with E-state index in [4.69, 9.17) is 9.47 Å². The molecule has 1 fully saturated rings. The third kappa shape index (κ3) is 6.81. The fourth-order valence-corrected chi connectivity index (χ4v) is 4.08. The summed E-state index contributed by atoms with van der Waals surface area (Å²) in [5.41, 5.74) is 2.10. The molecule has 1 aliphatic rings. The average molecular weight is 421 g/mol. The number of carboxylic acids is 2. The van der Waals surface area contributed by atoms with E-state index >= 15 is 0 Å². The molecule has 168 valence electrons. The largest absolute Gasteiger partial charge is 0.478 e. The van der Waals surface area contributed by atoms with Crippen LogP contribution in [-0.4, -0.2) is 35.0 Å². The van der Waals surface area contributed by atoms with Crippen LogP contribution in [0.2, 0.25) is 0 Å². The minimum absolute atomic E-state index is 0.0888. The van der Waals surface area contributed by atoms with Crippen LogP contribution in [0.4, 0.5) is 0 Å². The second-order valence-corrected chi connectivity index (χ2v) is 8.05. The zero-order valence-electron chi connectivity index (χ0n) is 18.4. The van der Waals surface area contributed by atoms with Gasteiger partial charge < -0.3 is 19.7 Å². The summed E-state index contributed by atoms with van der Waals surface area (Å²) in [7, 11) is 0. The highest BCUT2D eigenvalue weighted by molar-refractivity contribution is 5.98. The first-order valence-corrected chi connectivity index (χ1v) is 11.4. The van der Waals surface area contributed by atoms with Gasteiger partial charge in [-0.3, -0.25) is 0 Å². The first kappa shape index (κ1) is 24.4. The number of aromatic carboxylic acids is 2. The van der Waals surface area contributed by atoms with Crippen LogP contribution in [0, 0.1) is 0 Å². The molecule has 1 aliphatic heterocycles. The van der Waals surface area contributed by atoms with E-state index in [1.165, 1.54) is 0 Å². The SMILES string of the molecule is CCCCCc1c(COC2CCCCO2)cc(C(=O)O)c(CCCCC)c1C(=O)O. The molecule has 0 aliphatic carbocycles. The van der Waals surface area contributed by atoms with E-state index in [2.05, 4.69) is 13.8 Å². The van der Waals surface area contributed by atoms with Crippen molar-refractivity contribution >= 4 is 11.9 Å². The molecule has 1 unspecified atom stereocenters. The van der Waals surface area contributed by atoms with Gasteiger partial charge in [-0.25, -0.2) is 9.59 Å². The highest BCUT2D eigenvalue weighted by Gasteiger charge is 2.26. The number of hydrogen-bond acceptors (Lipinski definition) is 4. The molecule has 6 nitrogen and oxygen atoms in total. The quantitative estimate of drug-likeness (QED) is 0.404. The molecule has 6 heteroatoms. The molecule has 0 radical (unpaired) electrons. The average Bonchev–Trinajstić information content (AvgIpc) is 2.73. The highest BCUT2D eigenvalue weighted by Crippen LogP contribution is 2.29. The minimum Gasteiger partial charge on any atom is -0.478 e. The van der Waals surface area contributed by atoms with Gasteiger partial charge in [0.2, 0.25) is 0 Å². The maximum atomic E-state index is 12.3. The summed E-state index contributed by atoms with van der Waals surface area (Å²) < 4.78 is 11.5. The van der Waals surface area contributed by atoms with Crippen LogP contribution in [0.3, 0.4) is 0 Å². The molecule has 0 bridgehead atoms. The van der Waals surface area contributed by atoms with Crippen molar-refractivity contribution in [1.29, 1.82) is 0 Å². The number of hydrogen-bond donors (Lipinski definition) is 2. The minimum atomic E-state index is -1.08. The summed E-state index contributed by atoms with van der Waals surface area (Å²) in [4.78, 5) is 24.3. The smallest absolute Gasteiger partial charge is 0.336 e. The van der Waals surface area contributed by atoms with Crippen LogP contribution in [0.1, 0.15) is 109 Å². The molecule has 30 heavy (non-hydrogen) atoms. The van der Waals surface area contributed by atoms with E-state index in [9.17, 15) is 19.8 Å². The lowest BCUT2D eigenvalue weighted by molar-refractivity contribution is -0.169. The maximum Gasteiger partial charge on any atom is 0.336 e. The van der Waals surface area contributed by atoms with Gasteiger partial charge in [0, 0.05) is 6.61 Å². The third-order valence-corrected chi connectivity index (χ3v) is 5.70. The molecule has 2 N–H and O–H groups in total. The van der Waals surface area contributed by atoms with E-state index in [0.717, 1.165) is 63.4 Å². The van der Waals surface area contributed by atoms with Crippen molar-refractivity contribution in [3.63, 3.8) is 0 Å². The summed E-state index contributed by atoms with van der Waals surface area (Å²) in [5.74, 6) is -2.13. The predicted octanol–water partition coefficient (Wildman–Crippen LogP) is 5.59. The van der Waals surface area contributed by atoms with Gasteiger partial charge in [-0.15, -0.1) is 0 Å². The van der Waals surface area contributed by atoms with Crippen LogP contribution in [0.5, 0.6) is 0 Å². The standard InChI is InChI=1S/C24H36O6/c1-3-5-7-11-18-17(16-30-21-13-9-10-14-29-21)15-20(23(25)26)19(12-8-6-4-2)22(18)24(27)28/h15,21H,3-14,16H2,1-2H3,(H,25,26)(H,27,28). The predicted molar refractivity (Wildman–Crippen MR) is 115 cm³/mol. The molecule has 1 aromatic carbocycles. The molecule has 1 aromatic rings. The van der Waals surface area contributed by atoms with Crippen LogP contribution in [-0.2, 0) is 28.9 Å². The lowest BCUT2D eigenvalue weighted by Gasteiger charge is -2.24. The van der Waals surface area contributed by atoms with Crippen LogP contribution in [0.25, 0.3) is 0 Å². The molecule has 1 heterocycles. The number of unbranched alkanes of at least 4 members (excludes halogenated alkanes) is 4. The van der Waals surface area contributed by atoms with Gasteiger partial charge in [0.05, 0.1) is 17.7 Å². The number of carbonyl (C=O) groups is 2. The molecule has 0 saturated carbocycles. The third-order valence-electron chi connectivity index (χ3n) is 5.70.